The van der Waals surface area contributed by atoms with Crippen LogP contribution in [0.3, 0.4) is 0 Å². The van der Waals surface area contributed by atoms with Crippen LogP contribution < -0.4 is 10.6 Å². The topological polar surface area (TPSA) is 32.7 Å². The minimum absolute atomic E-state index is 0.125. The Morgan fingerprint density at radius 3 is 2.46 bits per heavy atom. The molecule has 0 unspecified atom stereocenters. The lowest BCUT2D eigenvalue weighted by molar-refractivity contribution is -0.116. The van der Waals surface area contributed by atoms with Crippen molar-refractivity contribution in [3.63, 3.8) is 0 Å². The summed E-state index contributed by atoms with van der Waals surface area (Å²) < 4.78 is 0. The van der Waals surface area contributed by atoms with E-state index in [1.807, 2.05) is 36.4 Å². The molecule has 0 N–H and O–H groups in total. The van der Waals surface area contributed by atoms with E-state index in [-0.39, 0.29) is 5.91 Å². The fourth-order valence-corrected chi connectivity index (χ4v) is 3.59. The first-order valence-electron chi connectivity index (χ1n) is 8.51. The molecule has 2 aromatic carbocycles. The Hall–Kier alpha value is -2.68. The number of carbonyl (C=O) groups excluding carboxylic acids is 1. The Labute approximate surface area is 141 Å². The predicted octanol–water partition coefficient (Wildman–Crippen LogP) is 2.50. The van der Waals surface area contributed by atoms with Gasteiger partial charge >= 0.3 is 0 Å². The van der Waals surface area contributed by atoms with Gasteiger partial charge in [0, 0.05) is 24.2 Å². The van der Waals surface area contributed by atoms with Crippen molar-refractivity contribution in [2.75, 3.05) is 13.1 Å². The average Bonchev–Trinajstić information content (AvgIpc) is 2.62. The van der Waals surface area contributed by atoms with Gasteiger partial charge in [-0.25, -0.2) is 4.99 Å². The van der Waals surface area contributed by atoms with E-state index in [0.29, 0.717) is 0 Å². The average molecular weight is 316 g/mol. The van der Waals surface area contributed by atoms with Gasteiger partial charge in [0.2, 0.25) is 0 Å². The molecular weight excluding hydrogens is 296 g/mol. The molecule has 0 aromatic heterocycles. The molecule has 3 nitrogen and oxygen atoms in total. The van der Waals surface area contributed by atoms with E-state index in [1.165, 1.54) is 6.42 Å². The third-order valence-corrected chi connectivity index (χ3v) is 4.73. The van der Waals surface area contributed by atoms with Crippen LogP contribution in [0, 0.1) is 0 Å². The molecule has 0 saturated carbocycles. The third kappa shape index (κ3) is 2.56. The second kappa shape index (κ2) is 6.08. The van der Waals surface area contributed by atoms with Crippen LogP contribution in [0.2, 0.25) is 0 Å². The fourth-order valence-electron chi connectivity index (χ4n) is 3.59. The zero-order valence-electron chi connectivity index (χ0n) is 13.7. The zero-order valence-corrected chi connectivity index (χ0v) is 13.7. The fraction of sp³-hybridized carbons (Fsp3) is 0.238. The SMILES string of the molecule is C=c1ccc2c(c1)C(c1ccccc1)=C(N1CCCCC1)C(=O)N=2. The van der Waals surface area contributed by atoms with E-state index in [1.54, 1.807) is 0 Å². The molecule has 1 amide bonds. The van der Waals surface area contributed by atoms with Crippen LogP contribution in [0.25, 0.3) is 12.2 Å². The predicted molar refractivity (Wildman–Crippen MR) is 95.6 cm³/mol. The van der Waals surface area contributed by atoms with Gasteiger partial charge in [-0.2, -0.15) is 0 Å². The number of nitrogens with zero attached hydrogens (tertiary/aromatic N) is 2. The molecule has 0 aliphatic carbocycles. The Bertz CT molecular complexity index is 922. The molecule has 2 aliphatic heterocycles. The minimum Gasteiger partial charge on any atom is -0.367 e. The lowest BCUT2D eigenvalue weighted by Gasteiger charge is -2.32. The van der Waals surface area contributed by atoms with Gasteiger partial charge in [-0.1, -0.05) is 43.0 Å². The van der Waals surface area contributed by atoms with Crippen LogP contribution in [0.1, 0.15) is 30.4 Å². The summed E-state index contributed by atoms with van der Waals surface area (Å²) in [6.45, 7) is 5.90. The largest absolute Gasteiger partial charge is 0.367 e. The first-order valence-corrected chi connectivity index (χ1v) is 8.51. The molecule has 24 heavy (non-hydrogen) atoms. The highest BCUT2D eigenvalue weighted by Crippen LogP contribution is 2.30. The van der Waals surface area contributed by atoms with Crippen LogP contribution in [0.15, 0.2) is 59.2 Å². The van der Waals surface area contributed by atoms with Crippen molar-refractivity contribution in [1.29, 1.82) is 0 Å². The number of carbonyl (C=O) groups is 1. The third-order valence-electron chi connectivity index (χ3n) is 4.73. The lowest BCUT2D eigenvalue weighted by Crippen LogP contribution is -2.36. The second-order valence-corrected chi connectivity index (χ2v) is 6.41. The van der Waals surface area contributed by atoms with Gasteiger partial charge in [-0.05, 0) is 42.2 Å². The molecule has 1 saturated heterocycles. The number of rotatable bonds is 2. The summed E-state index contributed by atoms with van der Waals surface area (Å²) in [6, 6.07) is 16.0. The Balaban J connectivity index is 2.00. The first kappa shape index (κ1) is 14.9. The van der Waals surface area contributed by atoms with Crippen molar-refractivity contribution in [3.05, 3.63) is 75.9 Å². The number of fused-ring (bicyclic) bond motifs is 1. The van der Waals surface area contributed by atoms with Crippen LogP contribution in [-0.4, -0.2) is 23.9 Å². The smallest absolute Gasteiger partial charge is 0.294 e. The Morgan fingerprint density at radius 1 is 0.958 bits per heavy atom. The number of likely N-dealkylation sites (tertiary alicyclic amines) is 1. The molecule has 0 bridgehead atoms. The number of benzene rings is 2. The molecule has 4 rings (SSSR count). The Kier molecular flexibility index (Phi) is 3.77. The molecular formula is C21H20N2O. The summed E-state index contributed by atoms with van der Waals surface area (Å²) in [5.74, 6) is -0.125. The highest BCUT2D eigenvalue weighted by Gasteiger charge is 2.28. The summed E-state index contributed by atoms with van der Waals surface area (Å²) in [7, 11) is 0. The van der Waals surface area contributed by atoms with Gasteiger partial charge in [0.1, 0.15) is 5.70 Å². The maximum absolute atomic E-state index is 12.8. The highest BCUT2D eigenvalue weighted by atomic mass is 16.1. The van der Waals surface area contributed by atoms with Crippen molar-refractivity contribution in [2.45, 2.75) is 19.3 Å². The second-order valence-electron chi connectivity index (χ2n) is 6.41. The number of hydrogen-bond donors (Lipinski definition) is 0. The summed E-state index contributed by atoms with van der Waals surface area (Å²) in [6.07, 6.45) is 3.48. The molecule has 2 heterocycles. The summed E-state index contributed by atoms with van der Waals surface area (Å²) in [5, 5.41) is 1.68. The quantitative estimate of drug-likeness (QED) is 0.853. The monoisotopic (exact) mass is 316 g/mol. The number of hydrogen-bond acceptors (Lipinski definition) is 2. The molecule has 0 atom stereocenters. The van der Waals surface area contributed by atoms with Crippen LogP contribution in [-0.2, 0) is 4.79 Å². The Morgan fingerprint density at radius 2 is 1.71 bits per heavy atom. The van der Waals surface area contributed by atoms with Gasteiger partial charge in [0.25, 0.3) is 5.91 Å². The van der Waals surface area contributed by atoms with Crippen molar-refractivity contribution >= 4 is 18.1 Å². The van der Waals surface area contributed by atoms with E-state index in [9.17, 15) is 4.79 Å². The summed E-state index contributed by atoms with van der Waals surface area (Å²) >= 11 is 0. The van der Waals surface area contributed by atoms with E-state index >= 15 is 0 Å². The zero-order chi connectivity index (χ0) is 16.5. The summed E-state index contributed by atoms with van der Waals surface area (Å²) in [5.41, 5.74) is 3.82. The number of amides is 1. The van der Waals surface area contributed by atoms with Crippen LogP contribution in [0.4, 0.5) is 0 Å². The molecule has 1 fully saturated rings. The van der Waals surface area contributed by atoms with Crippen LogP contribution >= 0.6 is 0 Å². The van der Waals surface area contributed by atoms with Crippen molar-refractivity contribution < 1.29 is 4.79 Å². The molecule has 0 spiro atoms. The van der Waals surface area contributed by atoms with E-state index in [2.05, 4.69) is 28.6 Å². The number of piperidine rings is 1. The molecule has 120 valence electrons. The molecule has 2 aliphatic rings. The van der Waals surface area contributed by atoms with Gasteiger partial charge < -0.3 is 4.90 Å². The van der Waals surface area contributed by atoms with Gasteiger partial charge in [0.05, 0.1) is 5.36 Å². The maximum Gasteiger partial charge on any atom is 0.294 e. The normalized spacial score (nSPS) is 17.5. The van der Waals surface area contributed by atoms with Crippen LogP contribution in [0.5, 0.6) is 0 Å². The molecule has 0 radical (unpaired) electrons. The van der Waals surface area contributed by atoms with Gasteiger partial charge in [0.15, 0.2) is 0 Å². The van der Waals surface area contributed by atoms with E-state index in [4.69, 9.17) is 0 Å². The highest BCUT2D eigenvalue weighted by molar-refractivity contribution is 6.06. The van der Waals surface area contributed by atoms with Crippen molar-refractivity contribution in [1.82, 2.24) is 4.90 Å². The maximum atomic E-state index is 12.8. The molecule has 2 aromatic rings. The minimum atomic E-state index is -0.125. The lowest BCUT2D eigenvalue weighted by atomic mass is 9.91. The van der Waals surface area contributed by atoms with Crippen molar-refractivity contribution in [2.24, 2.45) is 4.99 Å². The van der Waals surface area contributed by atoms with Crippen molar-refractivity contribution in [3.8, 4) is 0 Å². The van der Waals surface area contributed by atoms with E-state index < -0.39 is 0 Å². The van der Waals surface area contributed by atoms with Gasteiger partial charge in [-0.15, -0.1) is 0 Å². The standard InChI is InChI=1S/C21H20N2O/c1-15-10-11-18-17(14-15)19(16-8-4-2-5-9-16)20(21(24)22-18)23-12-6-3-7-13-23/h2,4-5,8-11,14H,1,3,6-7,12-13H2. The first-order chi connectivity index (χ1) is 11.7. The summed E-state index contributed by atoms with van der Waals surface area (Å²) in [4.78, 5) is 19.4. The molecule has 3 heteroatoms. The van der Waals surface area contributed by atoms with Gasteiger partial charge in [-0.3, -0.25) is 4.79 Å². The van der Waals surface area contributed by atoms with E-state index in [0.717, 1.165) is 58.9 Å².